The first-order chi connectivity index (χ1) is 10.4. The van der Waals surface area contributed by atoms with Crippen LogP contribution in [0.3, 0.4) is 0 Å². The van der Waals surface area contributed by atoms with Crippen molar-refractivity contribution in [3.05, 3.63) is 25.0 Å². The Morgan fingerprint density at radius 3 is 2.77 bits per heavy atom. The second kappa shape index (κ2) is 6.52. The van der Waals surface area contributed by atoms with Crippen molar-refractivity contribution in [2.45, 2.75) is 38.6 Å². The van der Waals surface area contributed by atoms with Crippen LogP contribution in [0.1, 0.15) is 33.1 Å². The summed E-state index contributed by atoms with van der Waals surface area (Å²) in [5.41, 5.74) is -1.03. The van der Waals surface area contributed by atoms with E-state index >= 15 is 0 Å². The zero-order chi connectivity index (χ0) is 16.2. The van der Waals surface area contributed by atoms with Crippen molar-refractivity contribution in [2.24, 2.45) is 5.41 Å². The number of carbonyl (C=O) groups is 2. The van der Waals surface area contributed by atoms with Gasteiger partial charge in [0.2, 0.25) is 5.91 Å². The van der Waals surface area contributed by atoms with E-state index in [1.165, 1.54) is 11.3 Å². The standard InChI is InChI=1S/C16H25N3O3/c1-4-6-15(2)8-11-19(14(15)21)22-12-5-7-16(3)13(20)17-9-10-18-16/h4-5,12,18H,1,6-11H2,2-3H3,(H,17,20)/b12-5+/t15-,16+/m1/s1. The molecule has 2 aliphatic rings. The Kier molecular flexibility index (Phi) is 4.90. The zero-order valence-corrected chi connectivity index (χ0v) is 13.4. The molecule has 0 radical (unpaired) electrons. The molecule has 2 amide bonds. The molecule has 2 rings (SSSR count). The van der Waals surface area contributed by atoms with Crippen LogP contribution in [0.4, 0.5) is 0 Å². The van der Waals surface area contributed by atoms with Gasteiger partial charge in [-0.05, 0) is 32.3 Å². The molecule has 2 saturated heterocycles. The third kappa shape index (κ3) is 3.32. The Hall–Kier alpha value is -1.82. The second-order valence-corrected chi connectivity index (χ2v) is 6.41. The molecule has 6 heteroatoms. The van der Waals surface area contributed by atoms with E-state index in [9.17, 15) is 9.59 Å². The Labute approximate surface area is 131 Å². The summed E-state index contributed by atoms with van der Waals surface area (Å²) in [5, 5.41) is 7.42. The van der Waals surface area contributed by atoms with Crippen molar-refractivity contribution >= 4 is 11.8 Å². The number of rotatable bonds is 6. The fourth-order valence-corrected chi connectivity index (χ4v) is 2.82. The number of allylic oxidation sites excluding steroid dienone is 1. The van der Waals surface area contributed by atoms with Crippen LogP contribution in [0.5, 0.6) is 0 Å². The highest BCUT2D eigenvalue weighted by Gasteiger charge is 2.42. The summed E-state index contributed by atoms with van der Waals surface area (Å²) < 4.78 is 0. The van der Waals surface area contributed by atoms with Gasteiger partial charge in [0.1, 0.15) is 6.26 Å². The maximum Gasteiger partial charge on any atom is 0.261 e. The van der Waals surface area contributed by atoms with Gasteiger partial charge in [-0.25, -0.2) is 0 Å². The average molecular weight is 307 g/mol. The molecule has 122 valence electrons. The maximum atomic E-state index is 12.3. The first-order valence-corrected chi connectivity index (χ1v) is 7.69. The van der Waals surface area contributed by atoms with Crippen LogP contribution in [0.25, 0.3) is 0 Å². The topological polar surface area (TPSA) is 70.7 Å². The number of nitrogens with zero attached hydrogens (tertiary/aromatic N) is 1. The van der Waals surface area contributed by atoms with Crippen LogP contribution in [0.15, 0.2) is 25.0 Å². The summed E-state index contributed by atoms with van der Waals surface area (Å²) in [6, 6.07) is 0. The Bertz CT molecular complexity index is 491. The fraction of sp³-hybridized carbons (Fsp3) is 0.625. The first-order valence-electron chi connectivity index (χ1n) is 7.69. The van der Waals surface area contributed by atoms with Crippen molar-refractivity contribution in [1.82, 2.24) is 15.7 Å². The van der Waals surface area contributed by atoms with Gasteiger partial charge in [-0.3, -0.25) is 9.59 Å². The average Bonchev–Trinajstić information content (AvgIpc) is 2.76. The zero-order valence-electron chi connectivity index (χ0n) is 13.4. The van der Waals surface area contributed by atoms with E-state index in [-0.39, 0.29) is 11.8 Å². The molecule has 0 aromatic rings. The number of hydroxylamine groups is 2. The number of piperazine rings is 1. The van der Waals surface area contributed by atoms with E-state index in [1.807, 2.05) is 13.8 Å². The third-order valence-electron chi connectivity index (χ3n) is 4.44. The first kappa shape index (κ1) is 16.5. The molecule has 0 bridgehead atoms. The number of hydrogen-bond acceptors (Lipinski definition) is 4. The lowest BCUT2D eigenvalue weighted by molar-refractivity contribution is -0.165. The lowest BCUT2D eigenvalue weighted by atomic mass is 9.85. The summed E-state index contributed by atoms with van der Waals surface area (Å²) in [4.78, 5) is 29.6. The van der Waals surface area contributed by atoms with Crippen LogP contribution < -0.4 is 10.6 Å². The predicted octanol–water partition coefficient (Wildman–Crippen LogP) is 1.11. The molecular weight excluding hydrogens is 282 g/mol. The SMILES string of the molecule is C=CC[C@]1(C)CCN(O/C=C/C[C@]2(C)NCCNC2=O)C1=O. The number of nitrogens with one attached hydrogen (secondary N) is 2. The molecule has 2 heterocycles. The van der Waals surface area contributed by atoms with Gasteiger partial charge >= 0.3 is 0 Å². The molecular formula is C16H25N3O3. The number of carbonyl (C=O) groups excluding carboxylic acids is 2. The minimum absolute atomic E-state index is 0.0146. The van der Waals surface area contributed by atoms with Crippen LogP contribution in [0, 0.1) is 5.41 Å². The molecule has 2 N–H and O–H groups in total. The normalized spacial score (nSPS) is 32.4. The van der Waals surface area contributed by atoms with E-state index in [0.717, 1.165) is 13.0 Å². The van der Waals surface area contributed by atoms with Gasteiger partial charge in [-0.15, -0.1) is 6.58 Å². The maximum absolute atomic E-state index is 12.3. The van der Waals surface area contributed by atoms with Crippen molar-refractivity contribution in [3.63, 3.8) is 0 Å². The van der Waals surface area contributed by atoms with Gasteiger partial charge in [-0.1, -0.05) is 13.0 Å². The Morgan fingerprint density at radius 1 is 1.32 bits per heavy atom. The van der Waals surface area contributed by atoms with Crippen LogP contribution in [-0.4, -0.2) is 42.1 Å². The largest absolute Gasteiger partial charge is 0.385 e. The quantitative estimate of drug-likeness (QED) is 0.570. The minimum Gasteiger partial charge on any atom is -0.385 e. The molecule has 0 spiro atoms. The summed E-state index contributed by atoms with van der Waals surface area (Å²) in [6.07, 6.45) is 6.95. The molecule has 2 aliphatic heterocycles. The highest BCUT2D eigenvalue weighted by Crippen LogP contribution is 2.35. The molecule has 22 heavy (non-hydrogen) atoms. The summed E-state index contributed by atoms with van der Waals surface area (Å²) in [6.45, 7) is 9.46. The molecule has 6 nitrogen and oxygen atoms in total. The highest BCUT2D eigenvalue weighted by molar-refractivity contribution is 5.86. The van der Waals surface area contributed by atoms with E-state index in [4.69, 9.17) is 4.84 Å². The van der Waals surface area contributed by atoms with Gasteiger partial charge < -0.3 is 15.5 Å². The van der Waals surface area contributed by atoms with Crippen LogP contribution >= 0.6 is 0 Å². The highest BCUT2D eigenvalue weighted by atomic mass is 16.7. The monoisotopic (exact) mass is 307 g/mol. The van der Waals surface area contributed by atoms with Crippen molar-refractivity contribution in [2.75, 3.05) is 19.6 Å². The summed E-state index contributed by atoms with van der Waals surface area (Å²) in [5.74, 6) is -0.0315. The van der Waals surface area contributed by atoms with Crippen LogP contribution in [0.2, 0.25) is 0 Å². The minimum atomic E-state index is -0.621. The fourth-order valence-electron chi connectivity index (χ4n) is 2.82. The van der Waals surface area contributed by atoms with Gasteiger partial charge in [0.25, 0.3) is 5.91 Å². The third-order valence-corrected chi connectivity index (χ3v) is 4.44. The lowest BCUT2D eigenvalue weighted by Gasteiger charge is -2.32. The molecule has 0 saturated carbocycles. The molecule has 2 atom stereocenters. The molecule has 0 aliphatic carbocycles. The van der Waals surface area contributed by atoms with Crippen molar-refractivity contribution in [1.29, 1.82) is 0 Å². The lowest BCUT2D eigenvalue weighted by Crippen LogP contribution is -2.61. The van der Waals surface area contributed by atoms with Crippen LogP contribution in [-0.2, 0) is 14.4 Å². The van der Waals surface area contributed by atoms with E-state index in [1.54, 1.807) is 12.2 Å². The molecule has 0 unspecified atom stereocenters. The van der Waals surface area contributed by atoms with Gasteiger partial charge in [0.15, 0.2) is 0 Å². The van der Waals surface area contributed by atoms with Gasteiger partial charge in [0, 0.05) is 13.1 Å². The van der Waals surface area contributed by atoms with Crippen molar-refractivity contribution in [3.8, 4) is 0 Å². The number of hydrogen-bond donors (Lipinski definition) is 2. The smallest absolute Gasteiger partial charge is 0.261 e. The van der Waals surface area contributed by atoms with Crippen molar-refractivity contribution < 1.29 is 14.4 Å². The Balaban J connectivity index is 1.84. The van der Waals surface area contributed by atoms with Gasteiger partial charge in [0.05, 0.1) is 17.5 Å². The molecule has 0 aromatic carbocycles. The Morgan fingerprint density at radius 2 is 2.09 bits per heavy atom. The van der Waals surface area contributed by atoms with E-state index in [2.05, 4.69) is 17.2 Å². The number of amides is 2. The van der Waals surface area contributed by atoms with Gasteiger partial charge in [-0.2, -0.15) is 5.06 Å². The van der Waals surface area contributed by atoms with E-state index in [0.29, 0.717) is 25.9 Å². The summed E-state index contributed by atoms with van der Waals surface area (Å²) >= 11 is 0. The molecule has 2 fully saturated rings. The van der Waals surface area contributed by atoms with E-state index < -0.39 is 11.0 Å². The predicted molar refractivity (Wildman–Crippen MR) is 83.5 cm³/mol. The second-order valence-electron chi connectivity index (χ2n) is 6.41. The molecule has 0 aromatic heterocycles. The summed E-state index contributed by atoms with van der Waals surface area (Å²) in [7, 11) is 0.